The summed E-state index contributed by atoms with van der Waals surface area (Å²) in [5, 5.41) is 14.0. The molecule has 6 heteroatoms. The third kappa shape index (κ3) is 3.70. The third-order valence-electron chi connectivity index (χ3n) is 4.15. The fourth-order valence-electron chi connectivity index (χ4n) is 2.76. The Morgan fingerprint density at radius 3 is 2.70 bits per heavy atom. The molecule has 2 heterocycles. The van der Waals surface area contributed by atoms with Gasteiger partial charge in [0.15, 0.2) is 0 Å². The molecule has 0 fully saturated rings. The first kappa shape index (κ1) is 16.9. The smallest absolute Gasteiger partial charge is 0.145 e. The first-order valence-electron chi connectivity index (χ1n) is 8.54. The highest BCUT2D eigenvalue weighted by molar-refractivity contribution is 5.90. The van der Waals surface area contributed by atoms with E-state index in [0.717, 1.165) is 22.3 Å². The van der Waals surface area contributed by atoms with E-state index in [1.54, 1.807) is 6.20 Å². The van der Waals surface area contributed by atoms with Crippen LogP contribution in [0.25, 0.3) is 10.9 Å². The normalized spacial score (nSPS) is 10.7. The molecule has 4 rings (SSSR count). The van der Waals surface area contributed by atoms with E-state index in [1.165, 1.54) is 6.33 Å². The first-order valence-corrected chi connectivity index (χ1v) is 8.54. The van der Waals surface area contributed by atoms with Crippen LogP contribution in [-0.2, 0) is 6.61 Å². The van der Waals surface area contributed by atoms with Crippen molar-refractivity contribution in [3.8, 4) is 11.5 Å². The number of anilines is 2. The Balaban J connectivity index is 1.61. The van der Waals surface area contributed by atoms with Crippen LogP contribution in [0.4, 0.5) is 11.5 Å². The van der Waals surface area contributed by atoms with Gasteiger partial charge in [0.05, 0.1) is 18.3 Å². The lowest BCUT2D eigenvalue weighted by molar-refractivity contribution is 0.276. The Hall–Kier alpha value is -3.51. The van der Waals surface area contributed by atoms with E-state index in [4.69, 9.17) is 4.74 Å². The fraction of sp³-hybridized carbons (Fsp3) is 0.0952. The van der Waals surface area contributed by atoms with Crippen molar-refractivity contribution in [2.24, 2.45) is 0 Å². The molecular weight excluding hydrogens is 340 g/mol. The zero-order valence-electron chi connectivity index (χ0n) is 14.8. The van der Waals surface area contributed by atoms with Crippen molar-refractivity contribution >= 4 is 22.4 Å². The maximum Gasteiger partial charge on any atom is 0.145 e. The molecule has 0 saturated carbocycles. The number of nitrogens with zero attached hydrogens (tertiary/aromatic N) is 3. The van der Waals surface area contributed by atoms with Crippen molar-refractivity contribution in [1.82, 2.24) is 15.0 Å². The van der Waals surface area contributed by atoms with Gasteiger partial charge in [-0.15, -0.1) is 0 Å². The Labute approximate surface area is 156 Å². The van der Waals surface area contributed by atoms with Crippen molar-refractivity contribution in [2.75, 3.05) is 5.32 Å². The molecule has 0 bridgehead atoms. The first-order chi connectivity index (χ1) is 13.2. The standard InChI is InChI=1S/C21H18N4O2/c1-14-6-8-17(11-22-14)27-20-9-7-16(10-15(20)12-26)25-21-18-4-2-3-5-19(18)23-13-24-21/h2-11,13,26H,12H2,1H3,(H,23,24,25). The number of pyridine rings is 1. The molecule has 0 saturated heterocycles. The number of aliphatic hydroxyl groups is 1. The molecule has 0 atom stereocenters. The lowest BCUT2D eigenvalue weighted by Crippen LogP contribution is -1.98. The molecule has 0 aliphatic heterocycles. The van der Waals surface area contributed by atoms with Crippen LogP contribution in [0, 0.1) is 6.92 Å². The second-order valence-electron chi connectivity index (χ2n) is 6.08. The second kappa shape index (κ2) is 7.39. The highest BCUT2D eigenvalue weighted by Gasteiger charge is 2.09. The Morgan fingerprint density at radius 2 is 1.89 bits per heavy atom. The van der Waals surface area contributed by atoms with E-state index in [2.05, 4.69) is 20.3 Å². The number of benzene rings is 2. The van der Waals surface area contributed by atoms with E-state index in [0.29, 0.717) is 22.9 Å². The number of fused-ring (bicyclic) bond motifs is 1. The average Bonchev–Trinajstić information content (AvgIpc) is 2.71. The van der Waals surface area contributed by atoms with Crippen molar-refractivity contribution in [2.45, 2.75) is 13.5 Å². The molecule has 0 aliphatic carbocycles. The Bertz CT molecular complexity index is 1080. The monoisotopic (exact) mass is 358 g/mol. The summed E-state index contributed by atoms with van der Waals surface area (Å²) in [6.07, 6.45) is 3.19. The number of aromatic nitrogens is 3. The molecule has 0 unspecified atom stereocenters. The highest BCUT2D eigenvalue weighted by Crippen LogP contribution is 2.30. The Morgan fingerprint density at radius 1 is 1.00 bits per heavy atom. The lowest BCUT2D eigenvalue weighted by atomic mass is 10.1. The molecular formula is C21H18N4O2. The summed E-state index contributed by atoms with van der Waals surface area (Å²) in [5.74, 6) is 1.92. The highest BCUT2D eigenvalue weighted by atomic mass is 16.5. The van der Waals surface area contributed by atoms with Crippen molar-refractivity contribution in [3.05, 3.63) is 78.4 Å². The van der Waals surface area contributed by atoms with Crippen LogP contribution >= 0.6 is 0 Å². The summed E-state index contributed by atoms with van der Waals surface area (Å²) in [6.45, 7) is 1.77. The number of aliphatic hydroxyl groups excluding tert-OH is 1. The quantitative estimate of drug-likeness (QED) is 0.552. The van der Waals surface area contributed by atoms with Gasteiger partial charge in [0.1, 0.15) is 23.6 Å². The van der Waals surface area contributed by atoms with Crippen LogP contribution < -0.4 is 10.1 Å². The predicted molar refractivity (Wildman–Crippen MR) is 104 cm³/mol. The summed E-state index contributed by atoms with van der Waals surface area (Å²) in [5.41, 5.74) is 3.25. The van der Waals surface area contributed by atoms with Gasteiger partial charge in [-0.05, 0) is 49.4 Å². The van der Waals surface area contributed by atoms with Crippen LogP contribution in [0.3, 0.4) is 0 Å². The van der Waals surface area contributed by atoms with E-state index in [1.807, 2.05) is 61.5 Å². The molecule has 2 N–H and O–H groups in total. The number of hydrogen-bond donors (Lipinski definition) is 2. The number of rotatable bonds is 5. The van der Waals surface area contributed by atoms with Gasteiger partial charge in [-0.3, -0.25) is 4.98 Å². The van der Waals surface area contributed by atoms with E-state index < -0.39 is 0 Å². The zero-order chi connectivity index (χ0) is 18.6. The summed E-state index contributed by atoms with van der Waals surface area (Å²) in [7, 11) is 0. The SMILES string of the molecule is Cc1ccc(Oc2ccc(Nc3ncnc4ccccc34)cc2CO)cn1. The summed E-state index contributed by atoms with van der Waals surface area (Å²) >= 11 is 0. The van der Waals surface area contributed by atoms with Gasteiger partial charge in [0, 0.05) is 22.3 Å². The molecule has 0 spiro atoms. The molecule has 2 aromatic carbocycles. The van der Waals surface area contributed by atoms with E-state index >= 15 is 0 Å². The van der Waals surface area contributed by atoms with Crippen molar-refractivity contribution in [3.63, 3.8) is 0 Å². The number of nitrogens with one attached hydrogen (secondary N) is 1. The second-order valence-corrected chi connectivity index (χ2v) is 6.08. The van der Waals surface area contributed by atoms with Crippen LogP contribution in [0.15, 0.2) is 67.1 Å². The predicted octanol–water partition coefficient (Wildman–Crippen LogP) is 4.36. The van der Waals surface area contributed by atoms with Gasteiger partial charge >= 0.3 is 0 Å². The molecule has 27 heavy (non-hydrogen) atoms. The van der Waals surface area contributed by atoms with Gasteiger partial charge in [-0.2, -0.15) is 0 Å². The number of para-hydroxylation sites is 1. The largest absolute Gasteiger partial charge is 0.455 e. The van der Waals surface area contributed by atoms with Gasteiger partial charge < -0.3 is 15.2 Å². The van der Waals surface area contributed by atoms with Crippen LogP contribution in [0.5, 0.6) is 11.5 Å². The maximum absolute atomic E-state index is 9.75. The summed E-state index contributed by atoms with van der Waals surface area (Å²) < 4.78 is 5.85. The molecule has 6 nitrogen and oxygen atoms in total. The summed E-state index contributed by atoms with van der Waals surface area (Å²) in [6, 6.07) is 17.1. The fourth-order valence-corrected chi connectivity index (χ4v) is 2.76. The van der Waals surface area contributed by atoms with Gasteiger partial charge in [-0.1, -0.05) is 12.1 Å². The lowest BCUT2D eigenvalue weighted by Gasteiger charge is -2.13. The molecule has 0 radical (unpaired) electrons. The number of aryl methyl sites for hydroxylation is 1. The molecule has 0 amide bonds. The molecule has 134 valence electrons. The van der Waals surface area contributed by atoms with Gasteiger partial charge in [-0.25, -0.2) is 9.97 Å². The molecule has 4 aromatic rings. The van der Waals surface area contributed by atoms with Crippen LogP contribution in [0.1, 0.15) is 11.3 Å². The van der Waals surface area contributed by atoms with Crippen molar-refractivity contribution < 1.29 is 9.84 Å². The van der Waals surface area contributed by atoms with Crippen molar-refractivity contribution in [1.29, 1.82) is 0 Å². The Kier molecular flexibility index (Phi) is 4.63. The van der Waals surface area contributed by atoms with Crippen LogP contribution in [0.2, 0.25) is 0 Å². The minimum atomic E-state index is -0.144. The summed E-state index contributed by atoms with van der Waals surface area (Å²) in [4.78, 5) is 12.8. The maximum atomic E-state index is 9.75. The topological polar surface area (TPSA) is 80.2 Å². The average molecular weight is 358 g/mol. The number of hydrogen-bond acceptors (Lipinski definition) is 6. The van der Waals surface area contributed by atoms with E-state index in [9.17, 15) is 5.11 Å². The molecule has 0 aliphatic rings. The number of ether oxygens (including phenoxy) is 1. The minimum Gasteiger partial charge on any atom is -0.455 e. The minimum absolute atomic E-state index is 0.144. The van der Waals surface area contributed by atoms with Crippen LogP contribution in [-0.4, -0.2) is 20.1 Å². The third-order valence-corrected chi connectivity index (χ3v) is 4.15. The van der Waals surface area contributed by atoms with Gasteiger partial charge in [0.25, 0.3) is 0 Å². The van der Waals surface area contributed by atoms with Gasteiger partial charge in [0.2, 0.25) is 0 Å². The molecule has 2 aromatic heterocycles. The zero-order valence-corrected chi connectivity index (χ0v) is 14.8. The van der Waals surface area contributed by atoms with E-state index in [-0.39, 0.29) is 6.61 Å².